The fourth-order valence-corrected chi connectivity index (χ4v) is 3.43. The van der Waals surface area contributed by atoms with E-state index in [2.05, 4.69) is 5.32 Å². The average Bonchev–Trinajstić information content (AvgIpc) is 2.80. The standard InChI is InChI=1S/C16H20Cl2N4O2/c1-20(2)15(23)9-21-13-7-11(17)12(18)8-14(13)22(16(21)24)10-3-5-19-6-4-10/h7-8,10,19H,3-6,9H2,1-2H3. The molecule has 1 aliphatic rings. The predicted octanol–water partition coefficient (Wildman–Crippen LogP) is 2.12. The summed E-state index contributed by atoms with van der Waals surface area (Å²) in [7, 11) is 3.34. The van der Waals surface area contributed by atoms with Gasteiger partial charge in [-0.05, 0) is 38.1 Å². The van der Waals surface area contributed by atoms with Gasteiger partial charge in [0.05, 0.1) is 21.1 Å². The molecule has 0 bridgehead atoms. The molecular formula is C16H20Cl2N4O2. The summed E-state index contributed by atoms with van der Waals surface area (Å²) >= 11 is 12.3. The molecule has 1 saturated heterocycles. The number of halogens is 2. The molecule has 1 aromatic heterocycles. The molecule has 1 amide bonds. The molecule has 1 aliphatic heterocycles. The number of imidazole rings is 1. The number of likely N-dealkylation sites (N-methyl/N-ethyl adjacent to an activating group) is 1. The average molecular weight is 371 g/mol. The number of nitrogens with zero attached hydrogens (tertiary/aromatic N) is 3. The van der Waals surface area contributed by atoms with Crippen LogP contribution in [0.25, 0.3) is 11.0 Å². The SMILES string of the molecule is CN(C)C(=O)Cn1c(=O)n(C2CCNCC2)c2cc(Cl)c(Cl)cc21. The highest BCUT2D eigenvalue weighted by Crippen LogP contribution is 2.30. The van der Waals surface area contributed by atoms with Crippen LogP contribution in [0, 0.1) is 0 Å². The number of nitrogens with one attached hydrogen (secondary N) is 1. The molecule has 24 heavy (non-hydrogen) atoms. The summed E-state index contributed by atoms with van der Waals surface area (Å²) in [4.78, 5) is 26.6. The van der Waals surface area contributed by atoms with Crippen molar-refractivity contribution in [3.8, 4) is 0 Å². The Morgan fingerprint density at radius 3 is 2.38 bits per heavy atom. The molecule has 0 saturated carbocycles. The topological polar surface area (TPSA) is 59.3 Å². The molecule has 0 radical (unpaired) electrons. The number of benzene rings is 1. The van der Waals surface area contributed by atoms with Crippen LogP contribution in [0.4, 0.5) is 0 Å². The van der Waals surface area contributed by atoms with Gasteiger partial charge in [0.1, 0.15) is 6.54 Å². The van der Waals surface area contributed by atoms with Gasteiger partial charge in [0.2, 0.25) is 5.91 Å². The quantitative estimate of drug-likeness (QED) is 0.899. The monoisotopic (exact) mass is 370 g/mol. The summed E-state index contributed by atoms with van der Waals surface area (Å²) in [5.41, 5.74) is 1.18. The minimum atomic E-state index is -0.189. The highest BCUT2D eigenvalue weighted by Gasteiger charge is 2.24. The molecular weight excluding hydrogens is 351 g/mol. The Morgan fingerprint density at radius 1 is 1.21 bits per heavy atom. The maximum Gasteiger partial charge on any atom is 0.329 e. The maximum absolute atomic E-state index is 13.0. The Labute approximate surface area is 149 Å². The molecule has 0 atom stereocenters. The third kappa shape index (κ3) is 3.06. The van der Waals surface area contributed by atoms with Crippen molar-refractivity contribution in [3.63, 3.8) is 0 Å². The van der Waals surface area contributed by atoms with Crippen molar-refractivity contribution in [1.82, 2.24) is 19.4 Å². The van der Waals surface area contributed by atoms with Gasteiger partial charge in [0.25, 0.3) is 0 Å². The smallest absolute Gasteiger partial charge is 0.329 e. The van der Waals surface area contributed by atoms with E-state index in [0.29, 0.717) is 15.6 Å². The fourth-order valence-electron chi connectivity index (χ4n) is 3.12. The van der Waals surface area contributed by atoms with Gasteiger partial charge in [-0.3, -0.25) is 13.9 Å². The van der Waals surface area contributed by atoms with E-state index in [1.54, 1.807) is 30.8 Å². The summed E-state index contributed by atoms with van der Waals surface area (Å²) in [6, 6.07) is 3.48. The third-order valence-electron chi connectivity index (χ3n) is 4.47. The second kappa shape index (κ2) is 6.78. The largest absolute Gasteiger partial charge is 0.347 e. The lowest BCUT2D eigenvalue weighted by atomic mass is 10.1. The van der Waals surface area contributed by atoms with Crippen molar-refractivity contribution in [1.29, 1.82) is 0 Å². The number of aromatic nitrogens is 2. The van der Waals surface area contributed by atoms with Crippen LogP contribution in [-0.2, 0) is 11.3 Å². The van der Waals surface area contributed by atoms with Gasteiger partial charge in [-0.1, -0.05) is 23.2 Å². The Hall–Kier alpha value is -1.50. The van der Waals surface area contributed by atoms with Gasteiger partial charge in [-0.15, -0.1) is 0 Å². The summed E-state index contributed by atoms with van der Waals surface area (Å²) in [6.07, 6.45) is 1.72. The molecule has 8 heteroatoms. The van der Waals surface area contributed by atoms with Crippen molar-refractivity contribution in [2.75, 3.05) is 27.2 Å². The van der Waals surface area contributed by atoms with Crippen LogP contribution in [0.1, 0.15) is 18.9 Å². The lowest BCUT2D eigenvalue weighted by molar-refractivity contribution is -0.129. The van der Waals surface area contributed by atoms with Crippen LogP contribution >= 0.6 is 23.2 Å². The molecule has 1 aromatic carbocycles. The van der Waals surface area contributed by atoms with E-state index < -0.39 is 0 Å². The van der Waals surface area contributed by atoms with Crippen LogP contribution in [0.3, 0.4) is 0 Å². The molecule has 1 N–H and O–H groups in total. The van der Waals surface area contributed by atoms with Crippen LogP contribution in [0.5, 0.6) is 0 Å². The Morgan fingerprint density at radius 2 is 1.79 bits per heavy atom. The number of carbonyl (C=O) groups excluding carboxylic acids is 1. The highest BCUT2D eigenvalue weighted by molar-refractivity contribution is 6.42. The van der Waals surface area contributed by atoms with Crippen LogP contribution < -0.4 is 11.0 Å². The first-order valence-electron chi connectivity index (χ1n) is 7.90. The minimum absolute atomic E-state index is 0.0156. The predicted molar refractivity (Wildman–Crippen MR) is 96.1 cm³/mol. The van der Waals surface area contributed by atoms with E-state index in [0.717, 1.165) is 31.4 Å². The second-order valence-electron chi connectivity index (χ2n) is 6.26. The molecule has 0 spiro atoms. The van der Waals surface area contributed by atoms with Crippen molar-refractivity contribution in [2.45, 2.75) is 25.4 Å². The molecule has 0 unspecified atom stereocenters. The fraction of sp³-hybridized carbons (Fsp3) is 0.500. The van der Waals surface area contributed by atoms with Crippen molar-refractivity contribution in [3.05, 3.63) is 32.7 Å². The minimum Gasteiger partial charge on any atom is -0.347 e. The highest BCUT2D eigenvalue weighted by atomic mass is 35.5. The summed E-state index contributed by atoms with van der Waals surface area (Å²) in [6.45, 7) is 1.71. The number of hydrogen-bond acceptors (Lipinski definition) is 3. The number of carbonyl (C=O) groups is 1. The number of piperidine rings is 1. The molecule has 3 rings (SSSR count). The van der Waals surface area contributed by atoms with Gasteiger partial charge in [-0.2, -0.15) is 0 Å². The van der Waals surface area contributed by atoms with Gasteiger partial charge in [0, 0.05) is 20.1 Å². The molecule has 130 valence electrons. The summed E-state index contributed by atoms with van der Waals surface area (Å²) < 4.78 is 3.25. The van der Waals surface area contributed by atoms with E-state index in [-0.39, 0.29) is 24.2 Å². The van der Waals surface area contributed by atoms with Crippen LogP contribution in [0.15, 0.2) is 16.9 Å². The van der Waals surface area contributed by atoms with Gasteiger partial charge < -0.3 is 10.2 Å². The zero-order valence-electron chi connectivity index (χ0n) is 13.7. The third-order valence-corrected chi connectivity index (χ3v) is 5.19. The number of amides is 1. The summed E-state index contributed by atoms with van der Waals surface area (Å²) in [5.74, 6) is -0.146. The van der Waals surface area contributed by atoms with E-state index >= 15 is 0 Å². The first-order valence-corrected chi connectivity index (χ1v) is 8.66. The lowest BCUT2D eigenvalue weighted by Crippen LogP contribution is -2.36. The van der Waals surface area contributed by atoms with E-state index in [1.165, 1.54) is 9.47 Å². The van der Waals surface area contributed by atoms with E-state index in [1.807, 2.05) is 0 Å². The Balaban J connectivity index is 2.19. The zero-order valence-corrected chi connectivity index (χ0v) is 15.2. The van der Waals surface area contributed by atoms with Gasteiger partial charge in [-0.25, -0.2) is 4.79 Å². The molecule has 6 nitrogen and oxygen atoms in total. The van der Waals surface area contributed by atoms with Crippen molar-refractivity contribution >= 4 is 40.1 Å². The van der Waals surface area contributed by atoms with Crippen molar-refractivity contribution in [2.24, 2.45) is 0 Å². The second-order valence-corrected chi connectivity index (χ2v) is 7.08. The number of rotatable bonds is 3. The van der Waals surface area contributed by atoms with Crippen molar-refractivity contribution < 1.29 is 4.79 Å². The van der Waals surface area contributed by atoms with E-state index in [9.17, 15) is 9.59 Å². The molecule has 2 heterocycles. The normalized spacial score (nSPS) is 15.8. The Kier molecular flexibility index (Phi) is 4.90. The number of fused-ring (bicyclic) bond motifs is 1. The molecule has 1 fully saturated rings. The zero-order chi connectivity index (χ0) is 17.4. The lowest BCUT2D eigenvalue weighted by Gasteiger charge is -2.23. The first kappa shape index (κ1) is 17.3. The molecule has 2 aromatic rings. The Bertz CT molecular complexity index is 835. The van der Waals surface area contributed by atoms with Crippen LogP contribution in [-0.4, -0.2) is 47.1 Å². The first-order chi connectivity index (χ1) is 11.4. The van der Waals surface area contributed by atoms with Gasteiger partial charge in [0.15, 0.2) is 0 Å². The summed E-state index contributed by atoms with van der Waals surface area (Å²) in [5, 5.41) is 4.07. The van der Waals surface area contributed by atoms with Gasteiger partial charge >= 0.3 is 5.69 Å². The van der Waals surface area contributed by atoms with Crippen LogP contribution in [0.2, 0.25) is 10.0 Å². The van der Waals surface area contributed by atoms with E-state index in [4.69, 9.17) is 23.2 Å². The number of hydrogen-bond donors (Lipinski definition) is 1. The maximum atomic E-state index is 13.0. The molecule has 0 aliphatic carbocycles.